The molecule has 7 heteroatoms. The van der Waals surface area contributed by atoms with Crippen LogP contribution in [0.15, 0.2) is 34.7 Å². The van der Waals surface area contributed by atoms with E-state index >= 15 is 0 Å². The molecule has 2 aromatic rings. The highest BCUT2D eigenvalue weighted by Gasteiger charge is 2.22. The minimum Gasteiger partial charge on any atom is -0.441 e. The summed E-state index contributed by atoms with van der Waals surface area (Å²) in [6, 6.07) is 9.95. The molecule has 132 valence electrons. The first-order chi connectivity index (χ1) is 10.6. The first kappa shape index (κ1) is 20.5. The summed E-state index contributed by atoms with van der Waals surface area (Å²) in [7, 11) is 0. The Balaban J connectivity index is 0.00000144. The van der Waals surface area contributed by atoms with Gasteiger partial charge in [0.25, 0.3) is 0 Å². The molecule has 2 N–H and O–H groups in total. The van der Waals surface area contributed by atoms with Crippen LogP contribution in [0.1, 0.15) is 24.3 Å². The fourth-order valence-corrected chi connectivity index (χ4v) is 2.70. The molecule has 1 aromatic carbocycles. The van der Waals surface area contributed by atoms with Crippen molar-refractivity contribution in [1.82, 2.24) is 9.88 Å². The number of aromatic nitrogens is 1. The summed E-state index contributed by atoms with van der Waals surface area (Å²) in [6.45, 7) is 3.33. The van der Waals surface area contributed by atoms with Gasteiger partial charge in [-0.05, 0) is 31.9 Å². The number of amides is 1. The van der Waals surface area contributed by atoms with Gasteiger partial charge in [0.15, 0.2) is 0 Å². The van der Waals surface area contributed by atoms with Gasteiger partial charge >= 0.3 is 0 Å². The highest BCUT2D eigenvalue weighted by atomic mass is 35.5. The van der Waals surface area contributed by atoms with E-state index < -0.39 is 0 Å². The van der Waals surface area contributed by atoms with Crippen LogP contribution < -0.4 is 5.73 Å². The van der Waals surface area contributed by atoms with Gasteiger partial charge in [0, 0.05) is 24.7 Å². The van der Waals surface area contributed by atoms with Crippen LogP contribution in [0, 0.1) is 6.92 Å². The van der Waals surface area contributed by atoms with Crippen LogP contribution in [-0.2, 0) is 11.2 Å². The van der Waals surface area contributed by atoms with Crippen molar-refractivity contribution in [2.45, 2.75) is 32.2 Å². The summed E-state index contributed by atoms with van der Waals surface area (Å²) >= 11 is 0. The molecule has 1 aliphatic rings. The third kappa shape index (κ3) is 4.72. The van der Waals surface area contributed by atoms with Crippen LogP contribution in [0.4, 0.5) is 0 Å². The van der Waals surface area contributed by atoms with E-state index in [9.17, 15) is 4.79 Å². The Morgan fingerprint density at radius 1 is 1.25 bits per heavy atom. The van der Waals surface area contributed by atoms with Gasteiger partial charge < -0.3 is 15.1 Å². The molecule has 0 unspecified atom stereocenters. The number of rotatable bonds is 3. The number of likely N-dealkylation sites (tertiary alicyclic amines) is 1. The quantitative estimate of drug-likeness (QED) is 0.899. The summed E-state index contributed by atoms with van der Waals surface area (Å²) < 4.78 is 5.70. The van der Waals surface area contributed by atoms with Gasteiger partial charge in [0.2, 0.25) is 11.8 Å². The number of aryl methyl sites for hydroxylation is 1. The van der Waals surface area contributed by atoms with Crippen LogP contribution in [0.2, 0.25) is 0 Å². The predicted molar refractivity (Wildman–Crippen MR) is 98.7 cm³/mol. The van der Waals surface area contributed by atoms with Crippen LogP contribution in [0.3, 0.4) is 0 Å². The highest BCUT2D eigenvalue weighted by molar-refractivity contribution is 5.85. The number of oxazole rings is 1. The summed E-state index contributed by atoms with van der Waals surface area (Å²) in [5.74, 6) is 1.38. The molecule has 0 aliphatic carbocycles. The molecule has 1 aliphatic heterocycles. The Morgan fingerprint density at radius 2 is 1.88 bits per heavy atom. The molecule has 5 nitrogen and oxygen atoms in total. The van der Waals surface area contributed by atoms with Gasteiger partial charge in [-0.2, -0.15) is 0 Å². The number of benzene rings is 1. The maximum Gasteiger partial charge on any atom is 0.228 e. The molecule has 0 spiro atoms. The molecular weight excluding hydrogens is 349 g/mol. The van der Waals surface area contributed by atoms with E-state index in [0.29, 0.717) is 11.7 Å². The van der Waals surface area contributed by atoms with E-state index in [1.54, 1.807) is 0 Å². The number of halogens is 2. The summed E-state index contributed by atoms with van der Waals surface area (Å²) in [5, 5.41) is 0. The van der Waals surface area contributed by atoms with Crippen molar-refractivity contribution < 1.29 is 9.21 Å². The molecular formula is C17H23Cl2N3O2. The molecule has 1 amide bonds. The number of nitrogens with two attached hydrogens (primary N) is 1. The average Bonchev–Trinajstić information content (AvgIpc) is 2.90. The van der Waals surface area contributed by atoms with Crippen LogP contribution in [0.25, 0.3) is 11.5 Å². The Bertz CT molecular complexity index is 653. The average molecular weight is 372 g/mol. The van der Waals surface area contributed by atoms with Crippen molar-refractivity contribution in [1.29, 1.82) is 0 Å². The molecule has 0 radical (unpaired) electrons. The number of nitrogens with zero attached hydrogens (tertiary/aromatic N) is 2. The van der Waals surface area contributed by atoms with E-state index in [-0.39, 0.29) is 43.2 Å². The summed E-state index contributed by atoms with van der Waals surface area (Å²) in [5.41, 5.74) is 7.52. The topological polar surface area (TPSA) is 72.4 Å². The van der Waals surface area contributed by atoms with E-state index in [2.05, 4.69) is 4.98 Å². The largest absolute Gasteiger partial charge is 0.441 e. The zero-order valence-electron chi connectivity index (χ0n) is 13.6. The van der Waals surface area contributed by atoms with Crippen molar-refractivity contribution in [2.24, 2.45) is 5.73 Å². The van der Waals surface area contributed by atoms with Crippen molar-refractivity contribution in [2.75, 3.05) is 13.1 Å². The van der Waals surface area contributed by atoms with Crippen LogP contribution in [-0.4, -0.2) is 34.9 Å². The lowest BCUT2D eigenvalue weighted by Crippen LogP contribution is -2.43. The van der Waals surface area contributed by atoms with E-state index in [4.69, 9.17) is 10.2 Å². The van der Waals surface area contributed by atoms with Gasteiger partial charge in [-0.3, -0.25) is 4.79 Å². The van der Waals surface area contributed by atoms with Crippen molar-refractivity contribution >= 4 is 30.7 Å². The van der Waals surface area contributed by atoms with Gasteiger partial charge in [-0.15, -0.1) is 24.8 Å². The van der Waals surface area contributed by atoms with E-state index in [1.807, 2.05) is 42.2 Å². The second kappa shape index (κ2) is 9.06. The standard InChI is InChI=1S/C17H21N3O2.2ClH/c1-12-15(11-16(21)20-9-7-14(18)8-10-20)19-17(22-12)13-5-3-2-4-6-13;;/h2-6,14H,7-11,18H2,1H3;2*1H. The Morgan fingerprint density at radius 3 is 2.50 bits per heavy atom. The Labute approximate surface area is 154 Å². The lowest BCUT2D eigenvalue weighted by atomic mass is 10.1. The first-order valence-corrected chi connectivity index (χ1v) is 7.68. The Kier molecular flexibility index (Phi) is 7.73. The molecule has 1 aromatic heterocycles. The normalized spacial score (nSPS) is 14.7. The molecule has 0 bridgehead atoms. The minimum atomic E-state index is 0. The van der Waals surface area contributed by atoms with Crippen LogP contribution in [0.5, 0.6) is 0 Å². The van der Waals surface area contributed by atoms with Gasteiger partial charge in [0.1, 0.15) is 5.76 Å². The molecule has 1 saturated heterocycles. The highest BCUT2D eigenvalue weighted by Crippen LogP contribution is 2.22. The van der Waals surface area contributed by atoms with E-state index in [1.165, 1.54) is 0 Å². The lowest BCUT2D eigenvalue weighted by molar-refractivity contribution is -0.131. The summed E-state index contributed by atoms with van der Waals surface area (Å²) in [4.78, 5) is 18.7. The zero-order valence-corrected chi connectivity index (χ0v) is 15.2. The summed E-state index contributed by atoms with van der Waals surface area (Å²) in [6.07, 6.45) is 2.04. The number of carbonyl (C=O) groups excluding carboxylic acids is 1. The number of hydrogen-bond acceptors (Lipinski definition) is 4. The van der Waals surface area contributed by atoms with Crippen molar-refractivity contribution in [3.63, 3.8) is 0 Å². The smallest absolute Gasteiger partial charge is 0.228 e. The third-order valence-corrected chi connectivity index (χ3v) is 4.12. The Hall–Kier alpha value is -1.56. The molecule has 2 heterocycles. The molecule has 0 atom stereocenters. The van der Waals surface area contributed by atoms with Crippen molar-refractivity contribution in [3.05, 3.63) is 41.8 Å². The lowest BCUT2D eigenvalue weighted by Gasteiger charge is -2.30. The number of piperidine rings is 1. The van der Waals surface area contributed by atoms with Gasteiger partial charge in [-0.25, -0.2) is 4.98 Å². The third-order valence-electron chi connectivity index (χ3n) is 4.12. The predicted octanol–water partition coefficient (Wildman–Crippen LogP) is 2.99. The minimum absolute atomic E-state index is 0. The fourth-order valence-electron chi connectivity index (χ4n) is 2.70. The van der Waals surface area contributed by atoms with Crippen LogP contribution >= 0.6 is 24.8 Å². The second-order valence-corrected chi connectivity index (χ2v) is 5.78. The fraction of sp³-hybridized carbons (Fsp3) is 0.412. The maximum atomic E-state index is 12.4. The van der Waals surface area contributed by atoms with Gasteiger partial charge in [0.05, 0.1) is 12.1 Å². The van der Waals surface area contributed by atoms with Gasteiger partial charge in [-0.1, -0.05) is 18.2 Å². The molecule has 0 saturated carbocycles. The SMILES string of the molecule is Cc1oc(-c2ccccc2)nc1CC(=O)N1CCC(N)CC1.Cl.Cl. The zero-order chi connectivity index (χ0) is 15.5. The molecule has 24 heavy (non-hydrogen) atoms. The number of carbonyl (C=O) groups is 1. The van der Waals surface area contributed by atoms with Crippen molar-refractivity contribution in [3.8, 4) is 11.5 Å². The second-order valence-electron chi connectivity index (χ2n) is 5.78. The van der Waals surface area contributed by atoms with E-state index in [0.717, 1.165) is 37.2 Å². The number of hydrogen-bond donors (Lipinski definition) is 1. The first-order valence-electron chi connectivity index (χ1n) is 7.68. The monoisotopic (exact) mass is 371 g/mol. The molecule has 1 fully saturated rings. The molecule has 3 rings (SSSR count). The maximum absolute atomic E-state index is 12.4.